The molecule has 3 atom stereocenters. The molecule has 4 heteroatoms. The van der Waals surface area contributed by atoms with Crippen molar-refractivity contribution in [2.24, 2.45) is 5.92 Å². The van der Waals surface area contributed by atoms with Crippen molar-refractivity contribution in [3.63, 3.8) is 0 Å². The molecule has 19 heavy (non-hydrogen) atoms. The maximum Gasteiger partial charge on any atom is 0.137 e. The number of pyridine rings is 1. The molecule has 0 bridgehead atoms. The van der Waals surface area contributed by atoms with E-state index in [1.165, 1.54) is 0 Å². The lowest BCUT2D eigenvalue weighted by Gasteiger charge is -2.26. The molecule has 0 spiro atoms. The number of likely N-dealkylation sites (N-methyl/N-ethyl adjacent to an activating group) is 1. The molecule has 1 N–H and O–H groups in total. The summed E-state index contributed by atoms with van der Waals surface area (Å²) in [6.45, 7) is 5.92. The Hall–Kier alpha value is -1.13. The van der Waals surface area contributed by atoms with Crippen molar-refractivity contribution in [3.8, 4) is 5.75 Å². The van der Waals surface area contributed by atoms with Gasteiger partial charge in [0.05, 0.1) is 24.9 Å². The summed E-state index contributed by atoms with van der Waals surface area (Å²) in [5, 5.41) is 3.35. The van der Waals surface area contributed by atoms with E-state index >= 15 is 0 Å². The summed E-state index contributed by atoms with van der Waals surface area (Å²) in [6, 6.07) is 2.24. The zero-order valence-corrected chi connectivity index (χ0v) is 12.1. The molecule has 1 aliphatic rings. The maximum absolute atomic E-state index is 5.86. The van der Waals surface area contributed by atoms with Crippen molar-refractivity contribution >= 4 is 0 Å². The molecule has 1 fully saturated rings. The van der Waals surface area contributed by atoms with E-state index in [9.17, 15) is 0 Å². The highest BCUT2D eigenvalue weighted by molar-refractivity contribution is 5.27. The van der Waals surface area contributed by atoms with Gasteiger partial charge in [-0.05, 0) is 37.4 Å². The predicted octanol–water partition coefficient (Wildman–Crippen LogP) is 2.56. The third kappa shape index (κ3) is 3.45. The van der Waals surface area contributed by atoms with Gasteiger partial charge in [0.15, 0.2) is 0 Å². The lowest BCUT2D eigenvalue weighted by Crippen LogP contribution is -2.32. The van der Waals surface area contributed by atoms with Gasteiger partial charge in [0.1, 0.15) is 5.75 Å². The molecule has 1 aromatic rings. The first-order chi connectivity index (χ1) is 9.26. The lowest BCUT2D eigenvalue weighted by atomic mass is 9.93. The van der Waals surface area contributed by atoms with Gasteiger partial charge in [0.25, 0.3) is 0 Å². The molecule has 3 unspecified atom stereocenters. The fourth-order valence-corrected chi connectivity index (χ4v) is 2.57. The van der Waals surface area contributed by atoms with Crippen LogP contribution in [0, 0.1) is 5.92 Å². The van der Waals surface area contributed by atoms with Gasteiger partial charge in [-0.1, -0.05) is 13.8 Å². The summed E-state index contributed by atoms with van der Waals surface area (Å²) in [6.07, 6.45) is 6.01. The summed E-state index contributed by atoms with van der Waals surface area (Å²) in [4.78, 5) is 4.28. The van der Waals surface area contributed by atoms with E-state index in [-0.39, 0.29) is 12.1 Å². The van der Waals surface area contributed by atoms with Gasteiger partial charge in [-0.3, -0.25) is 4.98 Å². The number of nitrogens with one attached hydrogen (secondary N) is 1. The minimum atomic E-state index is 0.176. The van der Waals surface area contributed by atoms with Crippen LogP contribution < -0.4 is 10.1 Å². The van der Waals surface area contributed by atoms with Crippen LogP contribution >= 0.6 is 0 Å². The van der Waals surface area contributed by atoms with E-state index < -0.39 is 0 Å². The van der Waals surface area contributed by atoms with Crippen LogP contribution in [0.2, 0.25) is 0 Å². The van der Waals surface area contributed by atoms with Crippen LogP contribution in [-0.4, -0.2) is 31.3 Å². The molecule has 1 aliphatic heterocycles. The van der Waals surface area contributed by atoms with Gasteiger partial charge in [0, 0.05) is 12.8 Å². The van der Waals surface area contributed by atoms with Gasteiger partial charge in [0.2, 0.25) is 0 Å². The molecule has 0 radical (unpaired) electrons. The number of ether oxygens (including phenoxy) is 2. The smallest absolute Gasteiger partial charge is 0.137 e. The van der Waals surface area contributed by atoms with Gasteiger partial charge < -0.3 is 14.8 Å². The number of aromatic nitrogens is 1. The summed E-state index contributed by atoms with van der Waals surface area (Å²) in [7, 11) is 1.97. The van der Waals surface area contributed by atoms with E-state index in [1.54, 1.807) is 6.20 Å². The van der Waals surface area contributed by atoms with Crippen LogP contribution in [0.5, 0.6) is 5.75 Å². The largest absolute Gasteiger partial charge is 0.492 e. The molecule has 0 aliphatic carbocycles. The van der Waals surface area contributed by atoms with E-state index in [4.69, 9.17) is 9.47 Å². The molecule has 0 aromatic carbocycles. The van der Waals surface area contributed by atoms with Gasteiger partial charge >= 0.3 is 0 Å². The molecule has 4 nitrogen and oxygen atoms in total. The van der Waals surface area contributed by atoms with Crippen molar-refractivity contribution in [1.82, 2.24) is 10.3 Å². The fourth-order valence-electron chi connectivity index (χ4n) is 2.57. The predicted molar refractivity (Wildman–Crippen MR) is 75.3 cm³/mol. The SMILES string of the molecule is CCCOc1cncc(C(NC)C2OCCC2C)c1. The second-order valence-corrected chi connectivity index (χ2v) is 5.17. The number of nitrogens with zero attached hydrogens (tertiary/aromatic N) is 1. The Morgan fingerprint density at radius 1 is 1.53 bits per heavy atom. The first kappa shape index (κ1) is 14.3. The van der Waals surface area contributed by atoms with Crippen LogP contribution in [0.4, 0.5) is 0 Å². The maximum atomic E-state index is 5.86. The molecule has 2 heterocycles. The Kier molecular flexibility index (Phi) is 5.16. The molecular formula is C15H24N2O2. The molecule has 1 aromatic heterocycles. The molecule has 2 rings (SSSR count). The highest BCUT2D eigenvalue weighted by atomic mass is 16.5. The van der Waals surface area contributed by atoms with Gasteiger partial charge in [-0.15, -0.1) is 0 Å². The zero-order chi connectivity index (χ0) is 13.7. The Morgan fingerprint density at radius 2 is 2.37 bits per heavy atom. The van der Waals surface area contributed by atoms with Crippen molar-refractivity contribution < 1.29 is 9.47 Å². The standard InChI is InChI=1S/C15H24N2O2/c1-4-6-18-13-8-12(9-17-10-13)14(16-3)15-11(2)5-7-19-15/h8-11,14-16H,4-7H2,1-3H3. The molecule has 0 saturated carbocycles. The van der Waals surface area contributed by atoms with Crippen LogP contribution in [0.1, 0.15) is 38.3 Å². The van der Waals surface area contributed by atoms with Gasteiger partial charge in [-0.25, -0.2) is 0 Å². The highest BCUT2D eigenvalue weighted by Crippen LogP contribution is 2.31. The Balaban J connectivity index is 2.13. The van der Waals surface area contributed by atoms with Crippen molar-refractivity contribution in [3.05, 3.63) is 24.0 Å². The summed E-state index contributed by atoms with van der Waals surface area (Å²) >= 11 is 0. The highest BCUT2D eigenvalue weighted by Gasteiger charge is 2.32. The van der Waals surface area contributed by atoms with E-state index in [1.807, 2.05) is 13.2 Å². The minimum Gasteiger partial charge on any atom is -0.492 e. The first-order valence-electron chi connectivity index (χ1n) is 7.12. The van der Waals surface area contributed by atoms with Crippen molar-refractivity contribution in [1.29, 1.82) is 0 Å². The van der Waals surface area contributed by atoms with Crippen molar-refractivity contribution in [2.45, 2.75) is 38.8 Å². The van der Waals surface area contributed by atoms with E-state index in [2.05, 4.69) is 30.2 Å². The Bertz CT molecular complexity index is 397. The summed E-state index contributed by atoms with van der Waals surface area (Å²) in [5.41, 5.74) is 1.13. The fraction of sp³-hybridized carbons (Fsp3) is 0.667. The van der Waals surface area contributed by atoms with E-state index in [0.29, 0.717) is 5.92 Å². The number of rotatable bonds is 6. The molecule has 1 saturated heterocycles. The second-order valence-electron chi connectivity index (χ2n) is 5.17. The minimum absolute atomic E-state index is 0.176. The van der Waals surface area contributed by atoms with Crippen LogP contribution in [0.25, 0.3) is 0 Å². The monoisotopic (exact) mass is 264 g/mol. The number of hydrogen-bond acceptors (Lipinski definition) is 4. The third-order valence-corrected chi connectivity index (χ3v) is 3.65. The summed E-state index contributed by atoms with van der Waals surface area (Å²) in [5.74, 6) is 1.41. The van der Waals surface area contributed by atoms with Crippen LogP contribution in [0.3, 0.4) is 0 Å². The van der Waals surface area contributed by atoms with Crippen LogP contribution in [-0.2, 0) is 4.74 Å². The summed E-state index contributed by atoms with van der Waals surface area (Å²) < 4.78 is 11.5. The Morgan fingerprint density at radius 3 is 3.00 bits per heavy atom. The normalized spacial score (nSPS) is 24.4. The molecular weight excluding hydrogens is 240 g/mol. The van der Waals surface area contributed by atoms with Gasteiger partial charge in [-0.2, -0.15) is 0 Å². The average molecular weight is 264 g/mol. The third-order valence-electron chi connectivity index (χ3n) is 3.65. The molecule has 0 amide bonds. The topological polar surface area (TPSA) is 43.4 Å². The lowest BCUT2D eigenvalue weighted by molar-refractivity contribution is 0.0629. The quantitative estimate of drug-likeness (QED) is 0.857. The Labute approximate surface area is 115 Å². The molecule has 106 valence electrons. The first-order valence-corrected chi connectivity index (χ1v) is 7.12. The zero-order valence-electron chi connectivity index (χ0n) is 12.1. The van der Waals surface area contributed by atoms with Crippen molar-refractivity contribution in [2.75, 3.05) is 20.3 Å². The number of hydrogen-bond donors (Lipinski definition) is 1. The van der Waals surface area contributed by atoms with Crippen LogP contribution in [0.15, 0.2) is 18.5 Å². The van der Waals surface area contributed by atoms with E-state index in [0.717, 1.165) is 37.4 Å². The average Bonchev–Trinajstić information content (AvgIpc) is 2.84. The second kappa shape index (κ2) is 6.87.